The smallest absolute Gasteiger partial charge is 0.234 e. The number of rotatable bonds is 9. The number of nitrogens with zero attached hydrogens (tertiary/aromatic N) is 3. The normalized spacial score (nSPS) is 10.9. The van der Waals surface area contributed by atoms with Crippen LogP contribution in [0.1, 0.15) is 12.2 Å². The summed E-state index contributed by atoms with van der Waals surface area (Å²) in [5, 5.41) is 13.5. The Morgan fingerprint density at radius 2 is 1.84 bits per heavy atom. The molecule has 164 valence electrons. The average Bonchev–Trinajstić information content (AvgIpc) is 3.07. The largest absolute Gasteiger partial charge is 0.492 e. The molecule has 1 amide bonds. The van der Waals surface area contributed by atoms with Gasteiger partial charge < -0.3 is 14.6 Å². The second-order valence-corrected chi connectivity index (χ2v) is 9.02. The molecule has 0 aliphatic heterocycles. The number of carbonyl (C=O) groups is 1. The lowest BCUT2D eigenvalue weighted by molar-refractivity contribution is -0.113. The van der Waals surface area contributed by atoms with Crippen molar-refractivity contribution < 1.29 is 9.53 Å². The molecule has 0 bridgehead atoms. The minimum atomic E-state index is -0.238. The number of para-hydroxylation sites is 1. The van der Waals surface area contributed by atoms with E-state index >= 15 is 0 Å². The second-order valence-electron chi connectivity index (χ2n) is 6.42. The minimum Gasteiger partial charge on any atom is -0.492 e. The summed E-state index contributed by atoms with van der Waals surface area (Å²) in [5.74, 6) is 1.29. The van der Waals surface area contributed by atoms with Crippen LogP contribution in [0.15, 0.2) is 41.6 Å². The van der Waals surface area contributed by atoms with E-state index in [-0.39, 0.29) is 11.7 Å². The molecule has 0 atom stereocenters. The topological polar surface area (TPSA) is 69.0 Å². The molecular weight excluding hydrogens is 502 g/mol. The molecule has 0 aliphatic carbocycles. The average molecular weight is 520 g/mol. The molecule has 3 rings (SSSR count). The SMILES string of the molecule is Cn1c(CCCOc2ccc(Cl)cc2Cl)nnc1SCC(=O)Nc1c(Cl)cccc1Cl. The van der Waals surface area contributed by atoms with Gasteiger partial charge in [-0.3, -0.25) is 4.79 Å². The molecule has 3 aromatic rings. The molecule has 0 saturated heterocycles. The first-order valence-electron chi connectivity index (χ1n) is 9.18. The van der Waals surface area contributed by atoms with Crippen LogP contribution in [0.3, 0.4) is 0 Å². The lowest BCUT2D eigenvalue weighted by Crippen LogP contribution is -2.15. The molecule has 6 nitrogen and oxygen atoms in total. The molecule has 1 aromatic heterocycles. The molecule has 1 N–H and O–H groups in total. The van der Waals surface area contributed by atoms with E-state index in [2.05, 4.69) is 15.5 Å². The van der Waals surface area contributed by atoms with Crippen molar-refractivity contribution in [3.05, 3.63) is 62.3 Å². The van der Waals surface area contributed by atoms with Crippen molar-refractivity contribution in [3.8, 4) is 5.75 Å². The number of benzene rings is 2. The van der Waals surface area contributed by atoms with Gasteiger partial charge in [0, 0.05) is 18.5 Å². The molecule has 0 unspecified atom stereocenters. The number of anilines is 1. The van der Waals surface area contributed by atoms with Crippen LogP contribution in [0.2, 0.25) is 20.1 Å². The fourth-order valence-corrected chi connectivity index (χ4v) is 4.30. The third-order valence-electron chi connectivity index (χ3n) is 4.18. The van der Waals surface area contributed by atoms with E-state index in [1.807, 2.05) is 11.6 Å². The quantitative estimate of drug-likeness (QED) is 0.270. The van der Waals surface area contributed by atoms with Gasteiger partial charge in [0.1, 0.15) is 11.6 Å². The van der Waals surface area contributed by atoms with E-state index in [4.69, 9.17) is 51.1 Å². The fourth-order valence-electron chi connectivity index (χ4n) is 2.62. The van der Waals surface area contributed by atoms with Crippen LogP contribution in [0.5, 0.6) is 5.75 Å². The molecule has 0 radical (unpaired) electrons. The van der Waals surface area contributed by atoms with Crippen molar-refractivity contribution in [1.82, 2.24) is 14.8 Å². The summed E-state index contributed by atoms with van der Waals surface area (Å²) in [7, 11) is 1.86. The van der Waals surface area contributed by atoms with Crippen molar-refractivity contribution in [1.29, 1.82) is 0 Å². The van der Waals surface area contributed by atoms with Crippen LogP contribution in [0.4, 0.5) is 5.69 Å². The predicted molar refractivity (Wildman–Crippen MR) is 127 cm³/mol. The molecule has 11 heteroatoms. The highest BCUT2D eigenvalue weighted by Crippen LogP contribution is 2.30. The predicted octanol–water partition coefficient (Wildman–Crippen LogP) is 6.17. The van der Waals surface area contributed by atoms with Crippen LogP contribution in [0, 0.1) is 0 Å². The summed E-state index contributed by atoms with van der Waals surface area (Å²) in [6.07, 6.45) is 1.39. The summed E-state index contributed by atoms with van der Waals surface area (Å²) in [6, 6.07) is 10.1. The van der Waals surface area contributed by atoms with Crippen molar-refractivity contribution in [2.24, 2.45) is 7.05 Å². The van der Waals surface area contributed by atoms with Gasteiger partial charge in [0.15, 0.2) is 5.16 Å². The van der Waals surface area contributed by atoms with Gasteiger partial charge in [-0.05, 0) is 36.8 Å². The van der Waals surface area contributed by atoms with Gasteiger partial charge in [-0.2, -0.15) is 0 Å². The lowest BCUT2D eigenvalue weighted by Gasteiger charge is -2.09. The molecule has 0 fully saturated rings. The van der Waals surface area contributed by atoms with Crippen molar-refractivity contribution >= 4 is 69.8 Å². The number of hydrogen-bond acceptors (Lipinski definition) is 5. The lowest BCUT2D eigenvalue weighted by atomic mass is 10.3. The summed E-state index contributed by atoms with van der Waals surface area (Å²) in [5.41, 5.74) is 0.399. The van der Waals surface area contributed by atoms with E-state index in [1.165, 1.54) is 11.8 Å². The molecule has 0 spiro atoms. The third-order valence-corrected chi connectivity index (χ3v) is 6.36. The number of aromatic nitrogens is 3. The van der Waals surface area contributed by atoms with Crippen LogP contribution in [-0.4, -0.2) is 33.0 Å². The maximum Gasteiger partial charge on any atom is 0.234 e. The standard InChI is InChI=1S/C20H18Cl4N4O2S/c1-28-17(6-3-9-30-16-8-7-12(21)10-15(16)24)26-27-20(28)31-11-18(29)25-19-13(22)4-2-5-14(19)23/h2,4-5,7-8,10H,3,6,9,11H2,1H3,(H,25,29). The van der Waals surface area contributed by atoms with Gasteiger partial charge in [-0.1, -0.05) is 64.2 Å². The second kappa shape index (κ2) is 11.3. The summed E-state index contributed by atoms with van der Waals surface area (Å²) < 4.78 is 7.54. The number of ether oxygens (including phenoxy) is 1. The zero-order valence-electron chi connectivity index (χ0n) is 16.4. The Kier molecular flexibility index (Phi) is 8.75. The van der Waals surface area contributed by atoms with Crippen molar-refractivity contribution in [3.63, 3.8) is 0 Å². The Morgan fingerprint density at radius 1 is 1.10 bits per heavy atom. The van der Waals surface area contributed by atoms with Crippen molar-refractivity contribution in [2.75, 3.05) is 17.7 Å². The van der Waals surface area contributed by atoms with Crippen LogP contribution < -0.4 is 10.1 Å². The number of carbonyl (C=O) groups excluding carboxylic acids is 1. The molecule has 2 aromatic carbocycles. The van der Waals surface area contributed by atoms with Gasteiger partial charge in [0.2, 0.25) is 5.91 Å². The molecule has 31 heavy (non-hydrogen) atoms. The van der Waals surface area contributed by atoms with E-state index < -0.39 is 0 Å². The van der Waals surface area contributed by atoms with E-state index in [1.54, 1.807) is 36.4 Å². The minimum absolute atomic E-state index is 0.145. The molecule has 1 heterocycles. The van der Waals surface area contributed by atoms with Gasteiger partial charge >= 0.3 is 0 Å². The highest BCUT2D eigenvalue weighted by atomic mass is 35.5. The number of thioether (sulfide) groups is 1. The molecule has 0 aliphatic rings. The zero-order valence-corrected chi connectivity index (χ0v) is 20.2. The number of halogens is 4. The number of nitrogens with one attached hydrogen (secondary N) is 1. The fraction of sp³-hybridized carbons (Fsp3) is 0.250. The van der Waals surface area contributed by atoms with Crippen LogP contribution in [-0.2, 0) is 18.3 Å². The first kappa shape index (κ1) is 24.0. The van der Waals surface area contributed by atoms with Gasteiger partial charge in [-0.15, -0.1) is 10.2 Å². The summed E-state index contributed by atoms with van der Waals surface area (Å²) >= 11 is 25.4. The maximum atomic E-state index is 12.3. The Hall–Kier alpha value is -1.64. The Balaban J connectivity index is 1.47. The Morgan fingerprint density at radius 3 is 2.55 bits per heavy atom. The highest BCUT2D eigenvalue weighted by molar-refractivity contribution is 7.99. The van der Waals surface area contributed by atoms with Crippen LogP contribution >= 0.6 is 58.2 Å². The monoisotopic (exact) mass is 518 g/mol. The first-order valence-corrected chi connectivity index (χ1v) is 11.7. The van der Waals surface area contributed by atoms with Gasteiger partial charge in [0.25, 0.3) is 0 Å². The molecular formula is C20H18Cl4N4O2S. The van der Waals surface area contributed by atoms with E-state index in [0.29, 0.717) is 49.7 Å². The Bertz CT molecular complexity index is 1060. The van der Waals surface area contributed by atoms with Gasteiger partial charge in [-0.25, -0.2) is 0 Å². The number of hydrogen-bond donors (Lipinski definition) is 1. The van der Waals surface area contributed by atoms with E-state index in [9.17, 15) is 4.79 Å². The maximum absolute atomic E-state index is 12.3. The number of amides is 1. The Labute approximate surface area is 204 Å². The summed E-state index contributed by atoms with van der Waals surface area (Å²) in [4.78, 5) is 12.3. The van der Waals surface area contributed by atoms with E-state index in [0.717, 1.165) is 12.2 Å². The highest BCUT2D eigenvalue weighted by Gasteiger charge is 2.14. The molecule has 0 saturated carbocycles. The zero-order chi connectivity index (χ0) is 22.4. The van der Waals surface area contributed by atoms with Crippen molar-refractivity contribution in [2.45, 2.75) is 18.0 Å². The number of aryl methyl sites for hydroxylation is 1. The third kappa shape index (κ3) is 6.67. The van der Waals surface area contributed by atoms with Gasteiger partial charge in [0.05, 0.1) is 33.1 Å². The van der Waals surface area contributed by atoms with Crippen LogP contribution in [0.25, 0.3) is 0 Å². The summed E-state index contributed by atoms with van der Waals surface area (Å²) in [6.45, 7) is 0.470. The first-order chi connectivity index (χ1) is 14.8.